The number of methoxy groups -OCH3 is 1. The molecular formula is C23H29NO3. The summed E-state index contributed by atoms with van der Waals surface area (Å²) in [5.41, 5.74) is 1.39. The highest BCUT2D eigenvalue weighted by Gasteiger charge is 2.28. The topological polar surface area (TPSA) is 38.8 Å². The molecule has 0 unspecified atom stereocenters. The van der Waals surface area contributed by atoms with Crippen LogP contribution in [0.25, 0.3) is 0 Å². The Kier molecular flexibility index (Phi) is 6.74. The number of carbonyl (C=O) groups excluding carboxylic acids is 1. The molecule has 4 nitrogen and oxygen atoms in total. The van der Waals surface area contributed by atoms with Gasteiger partial charge in [-0.2, -0.15) is 0 Å². The average Bonchev–Trinajstić information content (AvgIpc) is 2.73. The smallest absolute Gasteiger partial charge is 0.263 e. The Labute approximate surface area is 162 Å². The van der Waals surface area contributed by atoms with E-state index in [-0.39, 0.29) is 5.91 Å². The van der Waals surface area contributed by atoms with Gasteiger partial charge in [0.15, 0.2) is 6.10 Å². The second kappa shape index (κ2) is 9.45. The van der Waals surface area contributed by atoms with Crippen LogP contribution in [-0.2, 0) is 11.2 Å². The van der Waals surface area contributed by atoms with E-state index in [0.717, 1.165) is 38.1 Å². The number of likely N-dealkylation sites (tertiary alicyclic amines) is 1. The fraction of sp³-hybridized carbons (Fsp3) is 0.435. The summed E-state index contributed by atoms with van der Waals surface area (Å²) in [6, 6.07) is 18.0. The summed E-state index contributed by atoms with van der Waals surface area (Å²) in [6.45, 7) is 3.63. The molecule has 0 spiro atoms. The van der Waals surface area contributed by atoms with E-state index in [0.29, 0.717) is 18.1 Å². The van der Waals surface area contributed by atoms with Gasteiger partial charge in [-0.3, -0.25) is 4.79 Å². The molecule has 2 aromatic rings. The highest BCUT2D eigenvalue weighted by molar-refractivity contribution is 5.81. The van der Waals surface area contributed by atoms with Gasteiger partial charge in [0.25, 0.3) is 5.91 Å². The van der Waals surface area contributed by atoms with E-state index in [9.17, 15) is 4.79 Å². The van der Waals surface area contributed by atoms with Gasteiger partial charge in [0, 0.05) is 13.1 Å². The largest absolute Gasteiger partial charge is 0.497 e. The molecule has 0 aromatic heterocycles. The summed E-state index contributed by atoms with van der Waals surface area (Å²) in [7, 11) is 1.63. The maximum absolute atomic E-state index is 12.9. The lowest BCUT2D eigenvalue weighted by Crippen LogP contribution is -2.45. The van der Waals surface area contributed by atoms with Crippen LogP contribution in [0.15, 0.2) is 54.6 Å². The van der Waals surface area contributed by atoms with E-state index in [2.05, 4.69) is 30.3 Å². The number of hydrogen-bond acceptors (Lipinski definition) is 3. The van der Waals surface area contributed by atoms with Gasteiger partial charge in [0.05, 0.1) is 7.11 Å². The minimum Gasteiger partial charge on any atom is -0.497 e. The SMILES string of the molecule is CC[C@@H](Oc1ccc(OC)cc1)C(=O)N1CCC(Cc2ccccc2)CC1. The second-order valence-corrected chi connectivity index (χ2v) is 7.15. The summed E-state index contributed by atoms with van der Waals surface area (Å²) in [6.07, 6.45) is 3.44. The van der Waals surface area contributed by atoms with Crippen molar-refractivity contribution in [1.29, 1.82) is 0 Å². The third kappa shape index (κ3) is 5.25. The third-order valence-electron chi connectivity index (χ3n) is 5.28. The second-order valence-electron chi connectivity index (χ2n) is 7.15. The van der Waals surface area contributed by atoms with Gasteiger partial charge in [-0.05, 0) is 61.4 Å². The summed E-state index contributed by atoms with van der Waals surface area (Å²) < 4.78 is 11.1. The number of amides is 1. The van der Waals surface area contributed by atoms with Crippen molar-refractivity contribution in [2.24, 2.45) is 5.92 Å². The fourth-order valence-electron chi connectivity index (χ4n) is 3.64. The average molecular weight is 367 g/mol. The molecule has 1 saturated heterocycles. The van der Waals surface area contributed by atoms with Gasteiger partial charge in [-0.25, -0.2) is 0 Å². The van der Waals surface area contributed by atoms with Gasteiger partial charge in [0.2, 0.25) is 0 Å². The Morgan fingerprint density at radius 1 is 1.04 bits per heavy atom. The zero-order chi connectivity index (χ0) is 19.1. The van der Waals surface area contributed by atoms with Gasteiger partial charge in [-0.15, -0.1) is 0 Å². The molecule has 1 atom stereocenters. The van der Waals surface area contributed by atoms with E-state index in [1.54, 1.807) is 7.11 Å². The lowest BCUT2D eigenvalue weighted by Gasteiger charge is -2.34. The zero-order valence-corrected chi connectivity index (χ0v) is 16.3. The molecule has 0 aliphatic carbocycles. The number of benzene rings is 2. The maximum atomic E-state index is 12.9. The Bertz CT molecular complexity index is 706. The van der Waals surface area contributed by atoms with Crippen LogP contribution in [0.2, 0.25) is 0 Å². The first kappa shape index (κ1) is 19.3. The predicted octanol–water partition coefficient (Wildman–Crippen LogP) is 4.33. The van der Waals surface area contributed by atoms with E-state index >= 15 is 0 Å². The molecule has 0 saturated carbocycles. The molecule has 1 amide bonds. The molecule has 1 heterocycles. The molecule has 3 rings (SSSR count). The van der Waals surface area contributed by atoms with Gasteiger partial charge < -0.3 is 14.4 Å². The number of nitrogens with zero attached hydrogens (tertiary/aromatic N) is 1. The Morgan fingerprint density at radius 3 is 2.26 bits per heavy atom. The van der Waals surface area contributed by atoms with Crippen LogP contribution < -0.4 is 9.47 Å². The van der Waals surface area contributed by atoms with Crippen LogP contribution in [0.4, 0.5) is 0 Å². The first-order valence-electron chi connectivity index (χ1n) is 9.83. The predicted molar refractivity (Wildman–Crippen MR) is 107 cm³/mol. The molecule has 4 heteroatoms. The van der Waals surface area contributed by atoms with Crippen LogP contribution in [0, 0.1) is 5.92 Å². The number of carbonyl (C=O) groups is 1. The van der Waals surface area contributed by atoms with Gasteiger partial charge in [-0.1, -0.05) is 37.3 Å². The molecule has 1 aliphatic heterocycles. The number of rotatable bonds is 7. The van der Waals surface area contributed by atoms with E-state index < -0.39 is 6.10 Å². The monoisotopic (exact) mass is 367 g/mol. The minimum atomic E-state index is -0.427. The third-order valence-corrected chi connectivity index (χ3v) is 5.28. The molecule has 144 valence electrons. The van der Waals surface area contributed by atoms with Crippen molar-refractivity contribution in [2.45, 2.75) is 38.7 Å². The number of hydrogen-bond donors (Lipinski definition) is 0. The lowest BCUT2D eigenvalue weighted by atomic mass is 9.90. The molecule has 1 aliphatic rings. The first-order valence-corrected chi connectivity index (χ1v) is 9.83. The van der Waals surface area contributed by atoms with Crippen molar-refractivity contribution in [3.63, 3.8) is 0 Å². The Hall–Kier alpha value is -2.49. The van der Waals surface area contributed by atoms with Crippen molar-refractivity contribution < 1.29 is 14.3 Å². The molecule has 2 aromatic carbocycles. The normalized spacial score (nSPS) is 16.0. The first-order chi connectivity index (χ1) is 13.2. The van der Waals surface area contributed by atoms with Gasteiger partial charge >= 0.3 is 0 Å². The van der Waals surface area contributed by atoms with Crippen LogP contribution in [-0.4, -0.2) is 37.1 Å². The summed E-state index contributed by atoms with van der Waals surface area (Å²) in [5, 5.41) is 0. The van der Waals surface area contributed by atoms with Crippen LogP contribution in [0.5, 0.6) is 11.5 Å². The minimum absolute atomic E-state index is 0.103. The fourth-order valence-corrected chi connectivity index (χ4v) is 3.64. The highest BCUT2D eigenvalue weighted by Crippen LogP contribution is 2.24. The van der Waals surface area contributed by atoms with E-state index in [4.69, 9.17) is 9.47 Å². The van der Waals surface area contributed by atoms with Gasteiger partial charge in [0.1, 0.15) is 11.5 Å². The van der Waals surface area contributed by atoms with Crippen molar-refractivity contribution >= 4 is 5.91 Å². The van der Waals surface area contributed by atoms with Crippen molar-refractivity contribution in [3.05, 3.63) is 60.2 Å². The molecule has 27 heavy (non-hydrogen) atoms. The van der Waals surface area contributed by atoms with Crippen LogP contribution in [0.3, 0.4) is 0 Å². The molecule has 0 N–H and O–H groups in total. The Balaban J connectivity index is 1.52. The summed E-state index contributed by atoms with van der Waals surface area (Å²) in [4.78, 5) is 14.9. The standard InChI is InChI=1S/C23H29NO3/c1-3-22(27-21-11-9-20(26-2)10-12-21)23(25)24-15-13-19(14-16-24)17-18-7-5-4-6-8-18/h4-12,19,22H,3,13-17H2,1-2H3/t22-/m1/s1. The number of piperidine rings is 1. The lowest BCUT2D eigenvalue weighted by molar-refractivity contribution is -0.140. The van der Waals surface area contributed by atoms with Crippen molar-refractivity contribution in [3.8, 4) is 11.5 Å². The zero-order valence-electron chi connectivity index (χ0n) is 16.3. The van der Waals surface area contributed by atoms with E-state index in [1.807, 2.05) is 36.1 Å². The highest BCUT2D eigenvalue weighted by atomic mass is 16.5. The summed E-state index contributed by atoms with van der Waals surface area (Å²) in [5.74, 6) is 2.24. The van der Waals surface area contributed by atoms with E-state index in [1.165, 1.54) is 5.56 Å². The number of ether oxygens (including phenoxy) is 2. The molecule has 0 radical (unpaired) electrons. The summed E-state index contributed by atoms with van der Waals surface area (Å²) >= 11 is 0. The molecule has 0 bridgehead atoms. The quantitative estimate of drug-likeness (QED) is 0.731. The van der Waals surface area contributed by atoms with Crippen molar-refractivity contribution in [1.82, 2.24) is 4.90 Å². The molecular weight excluding hydrogens is 338 g/mol. The Morgan fingerprint density at radius 2 is 1.67 bits per heavy atom. The maximum Gasteiger partial charge on any atom is 0.263 e. The molecule has 1 fully saturated rings. The van der Waals surface area contributed by atoms with Crippen LogP contribution in [0.1, 0.15) is 31.7 Å². The van der Waals surface area contributed by atoms with Crippen molar-refractivity contribution in [2.75, 3.05) is 20.2 Å². The van der Waals surface area contributed by atoms with Crippen LogP contribution >= 0.6 is 0 Å².